The fourth-order valence-electron chi connectivity index (χ4n) is 3.81. The van der Waals surface area contributed by atoms with Gasteiger partial charge in [-0.1, -0.05) is 41.9 Å². The molecule has 2 aromatic heterocycles. The number of hydrogen-bond acceptors (Lipinski definition) is 6. The summed E-state index contributed by atoms with van der Waals surface area (Å²) in [4.78, 5) is 25.3. The molecule has 2 heterocycles. The minimum atomic E-state index is -0.590. The lowest BCUT2D eigenvalue weighted by Gasteiger charge is -2.10. The first kappa shape index (κ1) is 21.8. The Hall–Kier alpha value is -4.03. The van der Waals surface area contributed by atoms with E-state index >= 15 is 0 Å². The second kappa shape index (κ2) is 9.08. The summed E-state index contributed by atoms with van der Waals surface area (Å²) in [6.07, 6.45) is 0. The van der Waals surface area contributed by atoms with Crippen molar-refractivity contribution in [1.82, 2.24) is 0 Å². The molecular weight excluding hydrogens is 456 g/mol. The van der Waals surface area contributed by atoms with E-state index in [1.165, 1.54) is 6.07 Å². The first-order valence-corrected chi connectivity index (χ1v) is 11.1. The zero-order valence-corrected chi connectivity index (χ0v) is 18.9. The predicted molar refractivity (Wildman–Crippen MR) is 131 cm³/mol. The Kier molecular flexibility index (Phi) is 5.82. The second-order valence-corrected chi connectivity index (χ2v) is 7.98. The van der Waals surface area contributed by atoms with Crippen LogP contribution in [-0.2, 0) is 6.61 Å². The van der Waals surface area contributed by atoms with Crippen molar-refractivity contribution in [1.29, 1.82) is 0 Å². The van der Waals surface area contributed by atoms with Crippen LogP contribution in [0.3, 0.4) is 0 Å². The van der Waals surface area contributed by atoms with Crippen LogP contribution in [0.5, 0.6) is 11.5 Å². The van der Waals surface area contributed by atoms with Gasteiger partial charge < -0.3 is 18.3 Å². The molecule has 170 valence electrons. The molecule has 0 aliphatic heterocycles. The molecule has 6 nitrogen and oxygen atoms in total. The molecule has 0 spiro atoms. The number of para-hydroxylation sites is 1. The summed E-state index contributed by atoms with van der Waals surface area (Å²) in [6.45, 7) is 2.55. The van der Waals surface area contributed by atoms with E-state index in [2.05, 4.69) is 0 Å². The minimum absolute atomic E-state index is 0.254. The lowest BCUT2D eigenvalue weighted by molar-refractivity contribution is 0.306. The first-order valence-electron chi connectivity index (χ1n) is 10.7. The quantitative estimate of drug-likeness (QED) is 0.273. The molecular formula is C27H19ClO6. The number of halogens is 1. The Morgan fingerprint density at radius 2 is 1.71 bits per heavy atom. The van der Waals surface area contributed by atoms with Crippen LogP contribution in [0.4, 0.5) is 0 Å². The molecule has 0 unspecified atom stereocenters. The monoisotopic (exact) mass is 474 g/mol. The fourth-order valence-corrected chi connectivity index (χ4v) is 4.00. The van der Waals surface area contributed by atoms with Crippen LogP contribution in [-0.4, -0.2) is 6.61 Å². The summed E-state index contributed by atoms with van der Waals surface area (Å²) in [7, 11) is 0. The van der Waals surface area contributed by atoms with Crippen molar-refractivity contribution in [3.63, 3.8) is 0 Å². The maximum atomic E-state index is 12.9. The van der Waals surface area contributed by atoms with Gasteiger partial charge in [0.2, 0.25) is 0 Å². The van der Waals surface area contributed by atoms with Gasteiger partial charge in [-0.05, 0) is 37.3 Å². The minimum Gasteiger partial charge on any atom is -0.490 e. The van der Waals surface area contributed by atoms with Crippen molar-refractivity contribution >= 4 is 33.5 Å². The molecule has 0 radical (unpaired) electrons. The molecule has 7 heteroatoms. The summed E-state index contributed by atoms with van der Waals surface area (Å²) in [6, 6.07) is 20.9. The zero-order valence-electron chi connectivity index (χ0n) is 18.2. The van der Waals surface area contributed by atoms with Crippen LogP contribution in [0, 0.1) is 0 Å². The third-order valence-corrected chi connectivity index (χ3v) is 5.75. The smallest absolute Gasteiger partial charge is 0.344 e. The van der Waals surface area contributed by atoms with E-state index in [4.69, 9.17) is 29.9 Å². The van der Waals surface area contributed by atoms with Gasteiger partial charge in [-0.15, -0.1) is 0 Å². The SMILES string of the molecule is CCOc1cccc2cc(-c3cc(=O)oc4cc(OCc5ccccc5Cl)ccc34)c(=O)oc12. The van der Waals surface area contributed by atoms with Gasteiger partial charge >= 0.3 is 11.3 Å². The molecule has 0 saturated heterocycles. The Morgan fingerprint density at radius 3 is 2.53 bits per heavy atom. The van der Waals surface area contributed by atoms with E-state index < -0.39 is 11.3 Å². The average Bonchev–Trinajstić information content (AvgIpc) is 2.83. The Labute approximate surface area is 198 Å². The zero-order chi connectivity index (χ0) is 23.7. The van der Waals surface area contributed by atoms with Gasteiger partial charge in [0.05, 0.1) is 12.2 Å². The maximum absolute atomic E-state index is 12.9. The Balaban J connectivity index is 1.57. The van der Waals surface area contributed by atoms with Gasteiger partial charge in [-0.2, -0.15) is 0 Å². The Bertz CT molecular complexity index is 1630. The molecule has 0 saturated carbocycles. The lowest BCUT2D eigenvalue weighted by Crippen LogP contribution is -2.07. The lowest BCUT2D eigenvalue weighted by atomic mass is 10.0. The second-order valence-electron chi connectivity index (χ2n) is 7.57. The number of fused-ring (bicyclic) bond motifs is 2. The summed E-state index contributed by atoms with van der Waals surface area (Å²) in [5.74, 6) is 0.987. The van der Waals surface area contributed by atoms with Crippen LogP contribution < -0.4 is 20.7 Å². The van der Waals surface area contributed by atoms with Crippen molar-refractivity contribution in [2.45, 2.75) is 13.5 Å². The summed E-state index contributed by atoms with van der Waals surface area (Å²) >= 11 is 6.19. The van der Waals surface area contributed by atoms with E-state index in [1.807, 2.05) is 37.3 Å². The highest BCUT2D eigenvalue weighted by atomic mass is 35.5. The van der Waals surface area contributed by atoms with Crippen molar-refractivity contribution in [3.8, 4) is 22.6 Å². The first-order chi connectivity index (χ1) is 16.5. The molecule has 0 N–H and O–H groups in total. The predicted octanol–water partition coefficient (Wildman–Crippen LogP) is 6.20. The number of rotatable bonds is 6. The van der Waals surface area contributed by atoms with Crippen molar-refractivity contribution in [3.05, 3.63) is 104 Å². The largest absolute Gasteiger partial charge is 0.490 e. The van der Waals surface area contributed by atoms with Gasteiger partial charge in [0.25, 0.3) is 0 Å². The average molecular weight is 475 g/mol. The number of hydrogen-bond donors (Lipinski definition) is 0. The summed E-state index contributed by atoms with van der Waals surface area (Å²) in [5, 5.41) is 1.87. The van der Waals surface area contributed by atoms with Gasteiger partial charge in [-0.25, -0.2) is 9.59 Å². The number of benzene rings is 3. The molecule has 0 aliphatic rings. The van der Waals surface area contributed by atoms with E-state index in [-0.39, 0.29) is 12.2 Å². The summed E-state index contributed by atoms with van der Waals surface area (Å²) < 4.78 is 22.4. The van der Waals surface area contributed by atoms with E-state index in [9.17, 15) is 9.59 Å². The van der Waals surface area contributed by atoms with Crippen LogP contribution in [0.25, 0.3) is 33.1 Å². The van der Waals surface area contributed by atoms with E-state index in [1.54, 1.807) is 36.4 Å². The molecule has 5 rings (SSSR count). The topological polar surface area (TPSA) is 78.9 Å². The van der Waals surface area contributed by atoms with E-state index in [0.29, 0.717) is 50.6 Å². The van der Waals surface area contributed by atoms with Gasteiger partial charge in [0.15, 0.2) is 11.3 Å². The summed E-state index contributed by atoms with van der Waals surface area (Å²) in [5.41, 5.74) is 0.992. The molecule has 34 heavy (non-hydrogen) atoms. The normalized spacial score (nSPS) is 11.1. The fraction of sp³-hybridized carbons (Fsp3) is 0.111. The standard InChI is InChI=1S/C27H19ClO6/c1-2-31-23-9-5-7-16-12-21(27(30)34-26(16)23)20-14-25(29)33-24-13-18(10-11-19(20)24)32-15-17-6-3-4-8-22(17)28/h3-14H,2,15H2,1H3. The van der Waals surface area contributed by atoms with Crippen LogP contribution >= 0.6 is 11.6 Å². The molecule has 0 atom stereocenters. The third kappa shape index (κ3) is 4.16. The molecule has 0 bridgehead atoms. The van der Waals surface area contributed by atoms with Crippen molar-refractivity contribution in [2.24, 2.45) is 0 Å². The van der Waals surface area contributed by atoms with Crippen LogP contribution in [0.1, 0.15) is 12.5 Å². The Morgan fingerprint density at radius 1 is 0.853 bits per heavy atom. The van der Waals surface area contributed by atoms with Crippen molar-refractivity contribution < 1.29 is 18.3 Å². The maximum Gasteiger partial charge on any atom is 0.344 e. The van der Waals surface area contributed by atoms with Gasteiger partial charge in [0.1, 0.15) is 17.9 Å². The molecule has 3 aromatic carbocycles. The highest BCUT2D eigenvalue weighted by Crippen LogP contribution is 2.32. The third-order valence-electron chi connectivity index (χ3n) is 5.38. The highest BCUT2D eigenvalue weighted by molar-refractivity contribution is 6.31. The molecule has 0 fully saturated rings. The van der Waals surface area contributed by atoms with Crippen LogP contribution in [0.2, 0.25) is 5.02 Å². The van der Waals surface area contributed by atoms with Crippen LogP contribution in [0.15, 0.2) is 91.2 Å². The highest BCUT2D eigenvalue weighted by Gasteiger charge is 2.16. The van der Waals surface area contributed by atoms with Gasteiger partial charge in [-0.3, -0.25) is 0 Å². The van der Waals surface area contributed by atoms with Crippen molar-refractivity contribution in [2.75, 3.05) is 6.61 Å². The number of ether oxygens (including phenoxy) is 2. The van der Waals surface area contributed by atoms with Gasteiger partial charge in [0, 0.05) is 39.1 Å². The van der Waals surface area contributed by atoms with E-state index in [0.717, 1.165) is 5.56 Å². The molecule has 0 aliphatic carbocycles. The molecule has 5 aromatic rings. The molecule has 0 amide bonds.